The van der Waals surface area contributed by atoms with Gasteiger partial charge < -0.3 is 4.74 Å². The summed E-state index contributed by atoms with van der Waals surface area (Å²) in [6.45, 7) is 16.1. The van der Waals surface area contributed by atoms with Gasteiger partial charge in [-0.2, -0.15) is 0 Å². The maximum Gasteiger partial charge on any atom is 0.168 e. The van der Waals surface area contributed by atoms with Crippen LogP contribution in [0.5, 0.6) is 0 Å². The lowest BCUT2D eigenvalue weighted by atomic mass is 10.1. The van der Waals surface area contributed by atoms with E-state index in [1.807, 2.05) is 0 Å². The van der Waals surface area contributed by atoms with Gasteiger partial charge in [0.25, 0.3) is 0 Å². The molecule has 0 aromatic heterocycles. The van der Waals surface area contributed by atoms with Crippen molar-refractivity contribution in [3.05, 3.63) is 12.2 Å². The molecular formula is C23H48N2O. The molecule has 0 unspecified atom stereocenters. The van der Waals surface area contributed by atoms with Crippen molar-refractivity contribution < 1.29 is 4.74 Å². The maximum absolute atomic E-state index is 6.22. The molecule has 0 atom stereocenters. The van der Waals surface area contributed by atoms with E-state index in [9.17, 15) is 0 Å². The molecule has 0 radical (unpaired) electrons. The third kappa shape index (κ3) is 12.9. The molecule has 0 rings (SSSR count). The molecule has 0 heterocycles. The van der Waals surface area contributed by atoms with Gasteiger partial charge in [0.15, 0.2) is 6.35 Å². The molecule has 0 aliphatic heterocycles. The Kier molecular flexibility index (Phi) is 19.1. The summed E-state index contributed by atoms with van der Waals surface area (Å²) in [6, 6.07) is 0. The van der Waals surface area contributed by atoms with Gasteiger partial charge in [-0.15, -0.1) is 0 Å². The molecule has 0 bridgehead atoms. The van der Waals surface area contributed by atoms with Crippen LogP contribution < -0.4 is 0 Å². The van der Waals surface area contributed by atoms with Crippen LogP contribution in [0.3, 0.4) is 0 Å². The van der Waals surface area contributed by atoms with Crippen molar-refractivity contribution in [2.75, 3.05) is 32.8 Å². The van der Waals surface area contributed by atoms with Crippen LogP contribution >= 0.6 is 0 Å². The van der Waals surface area contributed by atoms with E-state index in [0.717, 1.165) is 39.2 Å². The fraction of sp³-hybridized carbons (Fsp3) is 0.913. The van der Waals surface area contributed by atoms with Crippen molar-refractivity contribution in [1.82, 2.24) is 9.80 Å². The number of hydrogen-bond donors (Lipinski definition) is 0. The zero-order valence-corrected chi connectivity index (χ0v) is 18.6. The van der Waals surface area contributed by atoms with Gasteiger partial charge in [0, 0.05) is 0 Å². The molecule has 156 valence electrons. The van der Waals surface area contributed by atoms with Gasteiger partial charge in [-0.25, -0.2) is 0 Å². The second kappa shape index (κ2) is 19.4. The summed E-state index contributed by atoms with van der Waals surface area (Å²) >= 11 is 0. The van der Waals surface area contributed by atoms with Gasteiger partial charge in [-0.1, -0.05) is 91.7 Å². The van der Waals surface area contributed by atoms with E-state index < -0.39 is 0 Å². The van der Waals surface area contributed by atoms with Crippen LogP contribution in [0, 0.1) is 0 Å². The summed E-state index contributed by atoms with van der Waals surface area (Å²) in [5, 5.41) is 0. The predicted octanol–water partition coefficient (Wildman–Crippen LogP) is 6.45. The van der Waals surface area contributed by atoms with Gasteiger partial charge in [0.05, 0.1) is 6.61 Å². The Labute approximate surface area is 165 Å². The van der Waals surface area contributed by atoms with Crippen molar-refractivity contribution in [3.8, 4) is 0 Å². The summed E-state index contributed by atoms with van der Waals surface area (Å²) < 4.78 is 6.22. The Balaban J connectivity index is 3.80. The Morgan fingerprint density at radius 2 is 1.08 bits per heavy atom. The predicted molar refractivity (Wildman–Crippen MR) is 117 cm³/mol. The van der Waals surface area contributed by atoms with Crippen LogP contribution in [-0.2, 0) is 4.74 Å². The molecule has 0 saturated carbocycles. The summed E-state index contributed by atoms with van der Waals surface area (Å²) in [6.07, 6.45) is 18.2. The number of allylic oxidation sites excluding steroid dienone is 1. The van der Waals surface area contributed by atoms with E-state index >= 15 is 0 Å². The molecule has 0 aromatic rings. The lowest BCUT2D eigenvalue weighted by Gasteiger charge is -2.37. The van der Waals surface area contributed by atoms with Gasteiger partial charge in [0.2, 0.25) is 0 Å². The lowest BCUT2D eigenvalue weighted by molar-refractivity contribution is -0.147. The van der Waals surface area contributed by atoms with Crippen molar-refractivity contribution in [1.29, 1.82) is 0 Å². The molecule has 26 heavy (non-hydrogen) atoms. The Morgan fingerprint density at radius 1 is 0.615 bits per heavy atom. The van der Waals surface area contributed by atoms with E-state index in [1.54, 1.807) is 0 Å². The lowest BCUT2D eigenvalue weighted by Crippen LogP contribution is -2.50. The molecule has 0 aromatic carbocycles. The first-order valence-corrected chi connectivity index (χ1v) is 11.5. The quantitative estimate of drug-likeness (QED) is 0.148. The normalized spacial score (nSPS) is 12.3. The highest BCUT2D eigenvalue weighted by molar-refractivity contribution is 4.81. The van der Waals surface area contributed by atoms with Gasteiger partial charge >= 0.3 is 0 Å². The summed E-state index contributed by atoms with van der Waals surface area (Å²) in [7, 11) is 0. The third-order valence-corrected chi connectivity index (χ3v) is 5.19. The average molecular weight is 369 g/mol. The van der Waals surface area contributed by atoms with Gasteiger partial charge in [-0.3, -0.25) is 9.80 Å². The number of hydrogen-bond acceptors (Lipinski definition) is 3. The smallest absolute Gasteiger partial charge is 0.168 e. The fourth-order valence-electron chi connectivity index (χ4n) is 3.39. The van der Waals surface area contributed by atoms with E-state index in [4.69, 9.17) is 4.74 Å². The van der Waals surface area contributed by atoms with Crippen LogP contribution in [0.1, 0.15) is 98.8 Å². The van der Waals surface area contributed by atoms with E-state index in [1.165, 1.54) is 57.8 Å². The Morgan fingerprint density at radius 3 is 1.58 bits per heavy atom. The second-order valence-corrected chi connectivity index (χ2v) is 7.16. The summed E-state index contributed by atoms with van der Waals surface area (Å²) in [5.41, 5.74) is 0. The minimum atomic E-state index is 0.126. The minimum Gasteiger partial charge on any atom is -0.349 e. The van der Waals surface area contributed by atoms with Crippen LogP contribution in [0.15, 0.2) is 12.2 Å². The third-order valence-electron chi connectivity index (χ3n) is 5.19. The number of unbranched alkanes of at least 4 members (excludes halogenated alkanes) is 8. The number of nitrogens with zero attached hydrogens (tertiary/aromatic N) is 2. The zero-order chi connectivity index (χ0) is 19.5. The van der Waals surface area contributed by atoms with E-state index in [-0.39, 0.29) is 6.35 Å². The van der Waals surface area contributed by atoms with Crippen LogP contribution in [-0.4, -0.2) is 48.9 Å². The molecule has 3 nitrogen and oxygen atoms in total. The average Bonchev–Trinajstić information content (AvgIpc) is 2.66. The number of ether oxygens (including phenoxy) is 1. The second-order valence-electron chi connectivity index (χ2n) is 7.16. The van der Waals surface area contributed by atoms with Crippen LogP contribution in [0.25, 0.3) is 0 Å². The maximum atomic E-state index is 6.22. The monoisotopic (exact) mass is 368 g/mol. The SMILES string of the molecule is CCCCCCCCCCC=CCCOC(N(CC)CC)N(CC)CC. The molecule has 0 spiro atoms. The van der Waals surface area contributed by atoms with Gasteiger partial charge in [0.1, 0.15) is 0 Å². The van der Waals surface area contributed by atoms with E-state index in [2.05, 4.69) is 56.6 Å². The van der Waals surface area contributed by atoms with Crippen molar-refractivity contribution in [2.45, 2.75) is 105 Å². The molecule has 0 N–H and O–H groups in total. The highest BCUT2D eigenvalue weighted by Crippen LogP contribution is 2.11. The van der Waals surface area contributed by atoms with Crippen LogP contribution in [0.4, 0.5) is 0 Å². The van der Waals surface area contributed by atoms with Crippen molar-refractivity contribution in [3.63, 3.8) is 0 Å². The summed E-state index contributed by atoms with van der Waals surface area (Å²) in [4.78, 5) is 4.80. The standard InChI is InChI=1S/C23H48N2O/c1-6-11-12-13-14-15-16-17-18-19-20-21-22-26-23(24(7-2)8-3)25(9-4)10-5/h19-20,23H,6-18,21-22H2,1-5H3. The van der Waals surface area contributed by atoms with Gasteiger partial charge in [-0.05, 0) is 45.4 Å². The molecule has 0 amide bonds. The number of rotatable bonds is 19. The van der Waals surface area contributed by atoms with Crippen molar-refractivity contribution in [2.24, 2.45) is 0 Å². The van der Waals surface area contributed by atoms with E-state index in [0.29, 0.717) is 0 Å². The summed E-state index contributed by atoms with van der Waals surface area (Å²) in [5.74, 6) is 0. The molecule has 3 heteroatoms. The fourth-order valence-corrected chi connectivity index (χ4v) is 3.39. The highest BCUT2D eigenvalue weighted by Gasteiger charge is 2.21. The largest absolute Gasteiger partial charge is 0.349 e. The first-order valence-electron chi connectivity index (χ1n) is 11.5. The zero-order valence-electron chi connectivity index (χ0n) is 18.6. The molecule has 0 fully saturated rings. The highest BCUT2D eigenvalue weighted by atomic mass is 16.5. The van der Waals surface area contributed by atoms with Crippen LogP contribution in [0.2, 0.25) is 0 Å². The molecular weight excluding hydrogens is 320 g/mol. The van der Waals surface area contributed by atoms with Crippen molar-refractivity contribution >= 4 is 0 Å². The first-order chi connectivity index (χ1) is 12.7. The molecule has 0 saturated heterocycles. The molecule has 0 aliphatic carbocycles. The molecule has 0 aliphatic rings. The first kappa shape index (κ1) is 25.6. The topological polar surface area (TPSA) is 15.7 Å². The Bertz CT molecular complexity index is 287. The minimum absolute atomic E-state index is 0.126. The Hall–Kier alpha value is -0.380.